The molecule has 1 heterocycles. The summed E-state index contributed by atoms with van der Waals surface area (Å²) >= 11 is 0. The maximum atomic E-state index is 12.4. The number of amides is 2. The maximum absolute atomic E-state index is 12.4. The molecular formula is C18H26N2O4. The quantitative estimate of drug-likeness (QED) is 0.615. The molecule has 6 heteroatoms. The van der Waals surface area contributed by atoms with Crippen LogP contribution in [0.4, 0.5) is 10.5 Å². The van der Waals surface area contributed by atoms with Crippen molar-refractivity contribution in [2.24, 2.45) is 5.92 Å². The topological polar surface area (TPSA) is 60.0 Å². The van der Waals surface area contributed by atoms with E-state index in [1.54, 1.807) is 38.5 Å². The van der Waals surface area contributed by atoms with Gasteiger partial charge in [0.15, 0.2) is 0 Å². The molecule has 1 aliphatic rings. The number of urea groups is 1. The third kappa shape index (κ3) is 4.89. The van der Waals surface area contributed by atoms with E-state index in [1.165, 1.54) is 0 Å². The Hall–Kier alpha value is -2.21. The van der Waals surface area contributed by atoms with Crippen LogP contribution in [0.5, 0.6) is 11.5 Å². The number of methoxy groups -OCH3 is 2. The molecule has 0 aromatic heterocycles. The summed E-state index contributed by atoms with van der Waals surface area (Å²) in [6, 6.07) is 5.22. The fourth-order valence-electron chi connectivity index (χ4n) is 2.72. The lowest BCUT2D eigenvalue weighted by Crippen LogP contribution is -2.41. The van der Waals surface area contributed by atoms with Crippen molar-refractivity contribution in [2.75, 3.05) is 45.8 Å². The number of carbonyl (C=O) groups is 1. The molecule has 1 saturated heterocycles. The number of piperidine rings is 1. The van der Waals surface area contributed by atoms with E-state index in [1.807, 2.05) is 4.90 Å². The molecular weight excluding hydrogens is 308 g/mol. The lowest BCUT2D eigenvalue weighted by atomic mass is 9.98. The van der Waals surface area contributed by atoms with E-state index in [9.17, 15) is 4.79 Å². The second-order valence-corrected chi connectivity index (χ2v) is 5.75. The van der Waals surface area contributed by atoms with Crippen molar-refractivity contribution in [2.45, 2.75) is 12.8 Å². The number of nitrogens with one attached hydrogen (secondary N) is 1. The first-order valence-electron chi connectivity index (χ1n) is 8.14. The zero-order chi connectivity index (χ0) is 17.4. The Kier molecular flexibility index (Phi) is 6.93. The maximum Gasteiger partial charge on any atom is 0.321 e. The average Bonchev–Trinajstić information content (AvgIpc) is 2.62. The predicted octanol–water partition coefficient (Wildman–Crippen LogP) is 3.15. The van der Waals surface area contributed by atoms with Crippen molar-refractivity contribution in [3.05, 3.63) is 30.9 Å². The summed E-state index contributed by atoms with van der Waals surface area (Å²) < 4.78 is 16.0. The second kappa shape index (κ2) is 9.17. The Morgan fingerprint density at radius 1 is 1.33 bits per heavy atom. The molecule has 1 N–H and O–H groups in total. The van der Waals surface area contributed by atoms with Gasteiger partial charge in [-0.1, -0.05) is 6.08 Å². The Balaban J connectivity index is 1.86. The number of nitrogens with zero attached hydrogens (tertiary/aromatic N) is 1. The Labute approximate surface area is 143 Å². The molecule has 1 aromatic rings. The molecule has 2 amide bonds. The number of benzene rings is 1. The summed E-state index contributed by atoms with van der Waals surface area (Å²) in [7, 11) is 3.16. The van der Waals surface area contributed by atoms with E-state index in [0.29, 0.717) is 29.7 Å². The molecule has 0 saturated carbocycles. The SMILES string of the molecule is C=CCOCC1CCN(C(=O)Nc2ccc(OC)cc2OC)CC1. The van der Waals surface area contributed by atoms with E-state index in [0.717, 1.165) is 32.5 Å². The van der Waals surface area contributed by atoms with Gasteiger partial charge in [0, 0.05) is 25.8 Å². The van der Waals surface area contributed by atoms with Crippen LogP contribution in [0.2, 0.25) is 0 Å². The van der Waals surface area contributed by atoms with Gasteiger partial charge in [-0.05, 0) is 30.9 Å². The third-order valence-electron chi connectivity index (χ3n) is 4.14. The molecule has 2 rings (SSSR count). The minimum absolute atomic E-state index is 0.107. The minimum Gasteiger partial charge on any atom is -0.497 e. The van der Waals surface area contributed by atoms with Crippen molar-refractivity contribution in [1.29, 1.82) is 0 Å². The summed E-state index contributed by atoms with van der Waals surface area (Å²) in [6.45, 7) is 6.41. The summed E-state index contributed by atoms with van der Waals surface area (Å²) in [5, 5.41) is 2.91. The molecule has 1 fully saturated rings. The highest BCUT2D eigenvalue weighted by molar-refractivity contribution is 5.91. The van der Waals surface area contributed by atoms with Crippen LogP contribution in [0, 0.1) is 5.92 Å². The van der Waals surface area contributed by atoms with E-state index in [4.69, 9.17) is 14.2 Å². The molecule has 1 aromatic carbocycles. The number of ether oxygens (including phenoxy) is 3. The summed E-state index contributed by atoms with van der Waals surface area (Å²) in [4.78, 5) is 14.3. The van der Waals surface area contributed by atoms with Gasteiger partial charge in [0.25, 0.3) is 0 Å². The first-order chi connectivity index (χ1) is 11.7. The molecule has 0 unspecified atom stereocenters. The summed E-state index contributed by atoms with van der Waals surface area (Å²) in [6.07, 6.45) is 3.65. The number of hydrogen-bond donors (Lipinski definition) is 1. The largest absolute Gasteiger partial charge is 0.497 e. The van der Waals surface area contributed by atoms with Gasteiger partial charge in [0.1, 0.15) is 11.5 Å². The van der Waals surface area contributed by atoms with E-state index < -0.39 is 0 Å². The van der Waals surface area contributed by atoms with Gasteiger partial charge < -0.3 is 24.4 Å². The lowest BCUT2D eigenvalue weighted by Gasteiger charge is -2.32. The molecule has 0 bridgehead atoms. The molecule has 0 radical (unpaired) electrons. The number of carbonyl (C=O) groups excluding carboxylic acids is 1. The van der Waals surface area contributed by atoms with Crippen molar-refractivity contribution < 1.29 is 19.0 Å². The second-order valence-electron chi connectivity index (χ2n) is 5.75. The van der Waals surface area contributed by atoms with Gasteiger partial charge in [-0.25, -0.2) is 4.79 Å². The lowest BCUT2D eigenvalue weighted by molar-refractivity contribution is 0.0906. The molecule has 1 aliphatic heterocycles. The monoisotopic (exact) mass is 334 g/mol. The van der Waals surface area contributed by atoms with Crippen LogP contribution in [0.25, 0.3) is 0 Å². The van der Waals surface area contributed by atoms with E-state index in [2.05, 4.69) is 11.9 Å². The first kappa shape index (κ1) is 18.1. The highest BCUT2D eigenvalue weighted by atomic mass is 16.5. The summed E-state index contributed by atoms with van der Waals surface area (Å²) in [5.41, 5.74) is 0.639. The van der Waals surface area contributed by atoms with Crippen LogP contribution in [-0.2, 0) is 4.74 Å². The van der Waals surface area contributed by atoms with Gasteiger partial charge in [0.05, 0.1) is 26.5 Å². The Morgan fingerprint density at radius 2 is 2.08 bits per heavy atom. The van der Waals surface area contributed by atoms with Crippen molar-refractivity contribution >= 4 is 11.7 Å². The molecule has 24 heavy (non-hydrogen) atoms. The van der Waals surface area contributed by atoms with Gasteiger partial charge in [0.2, 0.25) is 0 Å². The average molecular weight is 334 g/mol. The predicted molar refractivity (Wildman–Crippen MR) is 93.9 cm³/mol. The van der Waals surface area contributed by atoms with Gasteiger partial charge in [-0.3, -0.25) is 0 Å². The zero-order valence-electron chi connectivity index (χ0n) is 14.4. The van der Waals surface area contributed by atoms with Gasteiger partial charge >= 0.3 is 6.03 Å². The number of rotatable bonds is 7. The van der Waals surface area contributed by atoms with Crippen molar-refractivity contribution in [1.82, 2.24) is 4.90 Å². The van der Waals surface area contributed by atoms with Crippen LogP contribution in [0.1, 0.15) is 12.8 Å². The number of likely N-dealkylation sites (tertiary alicyclic amines) is 1. The third-order valence-corrected chi connectivity index (χ3v) is 4.14. The highest BCUT2D eigenvalue weighted by Gasteiger charge is 2.23. The Bertz CT molecular complexity index is 554. The minimum atomic E-state index is -0.107. The van der Waals surface area contributed by atoms with E-state index >= 15 is 0 Å². The molecule has 132 valence electrons. The van der Waals surface area contributed by atoms with E-state index in [-0.39, 0.29) is 6.03 Å². The van der Waals surface area contributed by atoms with Crippen molar-refractivity contribution in [3.63, 3.8) is 0 Å². The van der Waals surface area contributed by atoms with Crippen LogP contribution >= 0.6 is 0 Å². The number of hydrogen-bond acceptors (Lipinski definition) is 4. The molecule has 6 nitrogen and oxygen atoms in total. The van der Waals surface area contributed by atoms with Gasteiger partial charge in [-0.2, -0.15) is 0 Å². The van der Waals surface area contributed by atoms with Crippen LogP contribution in [0.3, 0.4) is 0 Å². The van der Waals surface area contributed by atoms with Crippen molar-refractivity contribution in [3.8, 4) is 11.5 Å². The highest BCUT2D eigenvalue weighted by Crippen LogP contribution is 2.29. The first-order valence-corrected chi connectivity index (χ1v) is 8.14. The smallest absolute Gasteiger partial charge is 0.321 e. The normalized spacial score (nSPS) is 15.0. The fourth-order valence-corrected chi connectivity index (χ4v) is 2.72. The van der Waals surface area contributed by atoms with Crippen LogP contribution in [0.15, 0.2) is 30.9 Å². The standard InChI is InChI=1S/C18H26N2O4/c1-4-11-24-13-14-7-9-20(10-8-14)18(21)19-16-6-5-15(22-2)12-17(16)23-3/h4-6,12,14H,1,7-11,13H2,2-3H3,(H,19,21). The van der Waals surface area contributed by atoms with Gasteiger partial charge in [-0.15, -0.1) is 6.58 Å². The van der Waals surface area contributed by atoms with Crippen LogP contribution < -0.4 is 14.8 Å². The zero-order valence-corrected chi connectivity index (χ0v) is 14.4. The molecule has 0 spiro atoms. The fraction of sp³-hybridized carbons (Fsp3) is 0.500. The van der Waals surface area contributed by atoms with Crippen LogP contribution in [-0.4, -0.2) is 51.5 Å². The molecule has 0 atom stereocenters. The Morgan fingerprint density at radius 3 is 2.71 bits per heavy atom. The summed E-state index contributed by atoms with van der Waals surface area (Å²) in [5.74, 6) is 1.77. The number of anilines is 1. The molecule has 0 aliphatic carbocycles.